The summed E-state index contributed by atoms with van der Waals surface area (Å²) in [5.74, 6) is 0.291. The van der Waals surface area contributed by atoms with Crippen LogP contribution >= 0.6 is 0 Å². The molecule has 38 heavy (non-hydrogen) atoms. The number of carboxylic acid groups (broad SMARTS) is 1. The van der Waals surface area contributed by atoms with Gasteiger partial charge < -0.3 is 30.0 Å². The Bertz CT molecular complexity index is 1210. The molecule has 0 saturated carbocycles. The molecule has 1 heterocycles. The van der Waals surface area contributed by atoms with Gasteiger partial charge in [0.2, 0.25) is 11.9 Å². The van der Waals surface area contributed by atoms with Gasteiger partial charge in [-0.15, -0.1) is 0 Å². The second kappa shape index (κ2) is 12.3. The van der Waals surface area contributed by atoms with E-state index in [9.17, 15) is 18.0 Å². The molecule has 0 saturated heterocycles. The topological polar surface area (TPSA) is 128 Å². The fraction of sp³-hybridized carbons (Fsp3) is 0.360. The highest BCUT2D eigenvalue weighted by Crippen LogP contribution is 2.29. The fourth-order valence-electron chi connectivity index (χ4n) is 2.96. The number of alkyl halides is 3. The molecule has 0 atom stereocenters. The van der Waals surface area contributed by atoms with Crippen LogP contribution in [0.5, 0.6) is 17.5 Å². The summed E-state index contributed by atoms with van der Waals surface area (Å²) in [7, 11) is 0. The zero-order valence-electron chi connectivity index (χ0n) is 21.0. The van der Waals surface area contributed by atoms with Gasteiger partial charge in [-0.25, -0.2) is 4.79 Å². The van der Waals surface area contributed by atoms with E-state index in [0.29, 0.717) is 23.6 Å². The van der Waals surface area contributed by atoms with E-state index in [1.165, 1.54) is 26.0 Å². The van der Waals surface area contributed by atoms with E-state index in [2.05, 4.69) is 25.6 Å². The molecule has 0 bridgehead atoms. The number of anilines is 2. The number of carboxylic acids is 1. The van der Waals surface area contributed by atoms with Gasteiger partial charge in [0, 0.05) is 13.1 Å². The van der Waals surface area contributed by atoms with E-state index in [1.54, 1.807) is 24.3 Å². The number of ether oxygens (including phenoxy) is 3. The van der Waals surface area contributed by atoms with Gasteiger partial charge in [-0.05, 0) is 62.7 Å². The zero-order chi connectivity index (χ0) is 27.8. The van der Waals surface area contributed by atoms with Crippen LogP contribution in [0, 0.1) is 0 Å². The van der Waals surface area contributed by atoms with E-state index >= 15 is 0 Å². The molecule has 3 N–H and O–H groups in total. The van der Waals surface area contributed by atoms with Crippen LogP contribution in [0.2, 0.25) is 0 Å². The van der Waals surface area contributed by atoms with E-state index in [4.69, 9.17) is 19.3 Å². The number of benzene rings is 2. The van der Waals surface area contributed by atoms with Crippen LogP contribution in [0.15, 0.2) is 48.5 Å². The summed E-state index contributed by atoms with van der Waals surface area (Å²) in [5, 5.41) is 15.1. The molecule has 0 fully saturated rings. The van der Waals surface area contributed by atoms with E-state index in [1.807, 2.05) is 6.92 Å². The first kappa shape index (κ1) is 28.3. The Balaban J connectivity index is 1.53. The van der Waals surface area contributed by atoms with Gasteiger partial charge in [0.25, 0.3) is 0 Å². The number of nitrogens with zero attached hydrogens (tertiary/aromatic N) is 3. The summed E-state index contributed by atoms with van der Waals surface area (Å²) < 4.78 is 54.9. The van der Waals surface area contributed by atoms with Crippen molar-refractivity contribution in [1.82, 2.24) is 15.0 Å². The second-order valence-corrected chi connectivity index (χ2v) is 8.43. The van der Waals surface area contributed by atoms with Crippen molar-refractivity contribution in [1.29, 1.82) is 0 Å². The van der Waals surface area contributed by atoms with Crippen LogP contribution in [0.4, 0.5) is 25.1 Å². The van der Waals surface area contributed by atoms with E-state index in [-0.39, 0.29) is 37.7 Å². The van der Waals surface area contributed by atoms with Crippen molar-refractivity contribution in [3.63, 3.8) is 0 Å². The Morgan fingerprint density at radius 2 is 1.45 bits per heavy atom. The van der Waals surface area contributed by atoms with Crippen molar-refractivity contribution in [2.45, 2.75) is 39.1 Å². The van der Waals surface area contributed by atoms with Gasteiger partial charge in [-0.3, -0.25) is 0 Å². The van der Waals surface area contributed by atoms with Crippen molar-refractivity contribution in [3.05, 3.63) is 59.7 Å². The summed E-state index contributed by atoms with van der Waals surface area (Å²) in [6.45, 7) is 5.79. The number of halogens is 3. The van der Waals surface area contributed by atoms with Crippen LogP contribution in [0.1, 0.15) is 31.9 Å². The minimum atomic E-state index is -4.39. The number of aromatic nitrogens is 3. The minimum Gasteiger partial charge on any atom is -0.490 e. The third-order valence-corrected chi connectivity index (χ3v) is 4.98. The van der Waals surface area contributed by atoms with Gasteiger partial charge in [0.1, 0.15) is 24.7 Å². The molecule has 0 spiro atoms. The SMILES string of the molecule is CCNc1nc(NCc2ccc(C(F)(F)F)cc2)nc(OCCOc2ccc(OC(C)(C)C(=O)O)cc2)n1. The lowest BCUT2D eigenvalue weighted by atomic mass is 10.1. The number of aliphatic carboxylic acids is 1. The van der Waals surface area contributed by atoms with Gasteiger partial charge in [0.15, 0.2) is 5.60 Å². The predicted molar refractivity (Wildman–Crippen MR) is 133 cm³/mol. The monoisotopic (exact) mass is 535 g/mol. The first-order chi connectivity index (χ1) is 18.0. The Morgan fingerprint density at radius 3 is 2.03 bits per heavy atom. The number of hydrogen-bond donors (Lipinski definition) is 3. The van der Waals surface area contributed by atoms with E-state index in [0.717, 1.165) is 12.1 Å². The van der Waals surface area contributed by atoms with Gasteiger partial charge in [-0.2, -0.15) is 28.1 Å². The average Bonchev–Trinajstić information content (AvgIpc) is 2.86. The first-order valence-corrected chi connectivity index (χ1v) is 11.6. The molecule has 0 unspecified atom stereocenters. The average molecular weight is 536 g/mol. The number of carbonyl (C=O) groups is 1. The van der Waals surface area contributed by atoms with Gasteiger partial charge in [0.05, 0.1) is 5.56 Å². The molecule has 3 rings (SSSR count). The molecular formula is C25H28F3N5O5. The zero-order valence-corrected chi connectivity index (χ0v) is 21.0. The van der Waals surface area contributed by atoms with E-state index < -0.39 is 23.3 Å². The lowest BCUT2D eigenvalue weighted by Gasteiger charge is -2.21. The van der Waals surface area contributed by atoms with Crippen molar-refractivity contribution in [2.75, 3.05) is 30.4 Å². The molecule has 0 radical (unpaired) electrons. The maximum absolute atomic E-state index is 12.8. The highest BCUT2D eigenvalue weighted by molar-refractivity contribution is 5.76. The van der Waals surface area contributed by atoms with Crippen molar-refractivity contribution < 1.29 is 37.3 Å². The third-order valence-electron chi connectivity index (χ3n) is 4.98. The summed E-state index contributed by atoms with van der Waals surface area (Å²) in [4.78, 5) is 23.8. The fourth-order valence-corrected chi connectivity index (χ4v) is 2.96. The number of rotatable bonds is 13. The van der Waals surface area contributed by atoms with Crippen LogP contribution < -0.4 is 24.8 Å². The second-order valence-electron chi connectivity index (χ2n) is 8.43. The molecule has 2 aromatic carbocycles. The molecule has 204 valence electrons. The maximum atomic E-state index is 12.8. The molecular weight excluding hydrogens is 507 g/mol. The van der Waals surface area contributed by atoms with Crippen molar-refractivity contribution in [2.24, 2.45) is 0 Å². The molecule has 0 aliphatic heterocycles. The normalized spacial score (nSPS) is 11.5. The Kier molecular flexibility index (Phi) is 9.16. The quantitative estimate of drug-likeness (QED) is 0.267. The molecule has 3 aromatic rings. The Labute approximate surface area is 217 Å². The summed E-state index contributed by atoms with van der Waals surface area (Å²) in [6, 6.07) is 11.3. The number of hydrogen-bond acceptors (Lipinski definition) is 9. The highest BCUT2D eigenvalue weighted by Gasteiger charge is 2.30. The summed E-state index contributed by atoms with van der Waals surface area (Å²) in [5.41, 5.74) is -1.47. The molecule has 13 heteroatoms. The molecule has 10 nitrogen and oxygen atoms in total. The largest absolute Gasteiger partial charge is 0.490 e. The van der Waals surface area contributed by atoms with Crippen LogP contribution in [0.3, 0.4) is 0 Å². The lowest BCUT2D eigenvalue weighted by Crippen LogP contribution is -2.37. The molecule has 0 aliphatic rings. The van der Waals surface area contributed by atoms with Crippen LogP contribution in [0.25, 0.3) is 0 Å². The summed E-state index contributed by atoms with van der Waals surface area (Å²) >= 11 is 0. The maximum Gasteiger partial charge on any atom is 0.416 e. The third kappa shape index (κ3) is 8.39. The standard InChI is InChI=1S/C25H28F3N5O5/c1-4-29-21-31-22(30-15-16-5-7-17(8-6-16)25(26,27)28)33-23(32-21)37-14-13-36-18-9-11-19(12-10-18)38-24(2,3)20(34)35/h5-12H,4,13-15H2,1-3H3,(H,34,35)(H2,29,30,31,32,33). The predicted octanol–water partition coefficient (Wildman–Crippen LogP) is 4.63. The van der Waals surface area contributed by atoms with Gasteiger partial charge in [-0.1, -0.05) is 12.1 Å². The Morgan fingerprint density at radius 1 is 0.868 bits per heavy atom. The highest BCUT2D eigenvalue weighted by atomic mass is 19.4. The van der Waals surface area contributed by atoms with Crippen LogP contribution in [-0.2, 0) is 17.5 Å². The number of nitrogens with one attached hydrogen (secondary N) is 2. The lowest BCUT2D eigenvalue weighted by molar-refractivity contribution is -0.152. The van der Waals surface area contributed by atoms with Gasteiger partial charge >= 0.3 is 18.2 Å². The first-order valence-electron chi connectivity index (χ1n) is 11.6. The summed E-state index contributed by atoms with van der Waals surface area (Å²) in [6.07, 6.45) is -4.39. The van der Waals surface area contributed by atoms with Crippen molar-refractivity contribution >= 4 is 17.9 Å². The molecule has 0 amide bonds. The van der Waals surface area contributed by atoms with Crippen molar-refractivity contribution in [3.8, 4) is 17.5 Å². The Hall–Kier alpha value is -4.29. The van der Waals surface area contributed by atoms with Crippen LogP contribution in [-0.4, -0.2) is 51.4 Å². The molecule has 1 aromatic heterocycles. The molecule has 0 aliphatic carbocycles. The minimum absolute atomic E-state index is 0.0362. The smallest absolute Gasteiger partial charge is 0.416 e.